The first-order chi connectivity index (χ1) is 11.2. The molecule has 3 nitrogen and oxygen atoms in total. The van der Waals surface area contributed by atoms with Crippen LogP contribution in [-0.4, -0.2) is 36.9 Å². The fraction of sp³-hybridized carbons (Fsp3) is 0.316. The largest absolute Gasteiger partial charge is 0.328 e. The Morgan fingerprint density at radius 3 is 2.35 bits per heavy atom. The Hall–Kier alpha value is -1.84. The summed E-state index contributed by atoms with van der Waals surface area (Å²) in [6.07, 6.45) is 0. The smallest absolute Gasteiger partial charge is 0.103 e. The number of quaternary nitrogens is 1. The zero-order valence-electron chi connectivity index (χ0n) is 13.5. The Bertz CT molecular complexity index is 644. The number of rotatable bonds is 4. The van der Waals surface area contributed by atoms with Gasteiger partial charge in [0.15, 0.2) is 0 Å². The third-order valence-electron chi connectivity index (χ3n) is 4.30. The van der Waals surface area contributed by atoms with E-state index in [1.807, 2.05) is 18.2 Å². The number of hydrogen-bond acceptors (Lipinski definition) is 2. The summed E-state index contributed by atoms with van der Waals surface area (Å²) in [7, 11) is 0. The number of hydrogen-bond donors (Lipinski definition) is 1. The molecule has 23 heavy (non-hydrogen) atoms. The highest BCUT2D eigenvalue weighted by Crippen LogP contribution is 2.08. The number of piperazine rings is 1. The molecule has 0 radical (unpaired) electrons. The number of nitrogens with one attached hydrogen (secondary N) is 1. The first-order valence-corrected chi connectivity index (χ1v) is 8.52. The fourth-order valence-corrected chi connectivity index (χ4v) is 3.05. The molecule has 1 N–H and O–H groups in total. The molecule has 1 aliphatic heterocycles. The van der Waals surface area contributed by atoms with Crippen LogP contribution in [0.2, 0.25) is 5.02 Å². The van der Waals surface area contributed by atoms with E-state index in [0.29, 0.717) is 0 Å². The zero-order valence-corrected chi connectivity index (χ0v) is 14.3. The zero-order chi connectivity index (χ0) is 16.1. The van der Waals surface area contributed by atoms with Gasteiger partial charge in [-0.1, -0.05) is 54.1 Å². The van der Waals surface area contributed by atoms with Crippen molar-refractivity contribution in [3.8, 4) is 0 Å². The Kier molecular flexibility index (Phi) is 5.31. The van der Waals surface area contributed by atoms with E-state index in [4.69, 9.17) is 16.7 Å². The van der Waals surface area contributed by atoms with Gasteiger partial charge in [-0.05, 0) is 24.6 Å². The first-order valence-electron chi connectivity index (χ1n) is 8.14. The minimum atomic E-state index is 0.805. The molecule has 3 rings (SSSR count). The molecule has 0 atom stereocenters. The molecule has 120 valence electrons. The second kappa shape index (κ2) is 7.62. The van der Waals surface area contributed by atoms with Crippen LogP contribution in [0.3, 0.4) is 0 Å². The Morgan fingerprint density at radius 2 is 1.70 bits per heavy atom. The van der Waals surface area contributed by atoms with Gasteiger partial charge in [-0.2, -0.15) is 5.10 Å². The van der Waals surface area contributed by atoms with E-state index in [1.165, 1.54) is 11.1 Å². The van der Waals surface area contributed by atoms with Crippen LogP contribution in [0.25, 0.3) is 0 Å². The predicted molar refractivity (Wildman–Crippen MR) is 96.1 cm³/mol. The lowest BCUT2D eigenvalue weighted by atomic mass is 10.1. The Labute approximate surface area is 143 Å². The summed E-state index contributed by atoms with van der Waals surface area (Å²) in [6, 6.07) is 18.6. The van der Waals surface area contributed by atoms with E-state index in [2.05, 4.69) is 48.3 Å². The third kappa shape index (κ3) is 4.57. The van der Waals surface area contributed by atoms with Crippen LogP contribution in [0.5, 0.6) is 0 Å². The fourth-order valence-electron chi connectivity index (χ4n) is 2.93. The van der Waals surface area contributed by atoms with E-state index >= 15 is 0 Å². The predicted octanol–water partition coefficient (Wildman–Crippen LogP) is 2.46. The van der Waals surface area contributed by atoms with Crippen molar-refractivity contribution in [2.45, 2.75) is 13.5 Å². The van der Waals surface area contributed by atoms with Crippen molar-refractivity contribution in [3.05, 3.63) is 70.7 Å². The van der Waals surface area contributed by atoms with Crippen molar-refractivity contribution in [2.24, 2.45) is 5.10 Å². The van der Waals surface area contributed by atoms with Gasteiger partial charge >= 0.3 is 0 Å². The molecule has 0 saturated carbocycles. The maximum absolute atomic E-state index is 5.94. The summed E-state index contributed by atoms with van der Waals surface area (Å²) in [5.74, 6) is 0. The van der Waals surface area contributed by atoms with E-state index in [0.717, 1.165) is 43.5 Å². The number of halogens is 1. The van der Waals surface area contributed by atoms with Crippen molar-refractivity contribution in [1.29, 1.82) is 0 Å². The molecule has 0 amide bonds. The molecule has 0 bridgehead atoms. The standard InChI is InChI=1S/C19H22ClN3/c1-16(18-5-3-2-4-6-18)21-23-13-11-22(12-14-23)15-17-7-9-19(20)10-8-17/h2-10H,11-15H2,1H3/p+1/b21-16-. The quantitative estimate of drug-likeness (QED) is 0.855. The topological polar surface area (TPSA) is 20.0 Å². The summed E-state index contributed by atoms with van der Waals surface area (Å²) >= 11 is 5.94. The molecule has 1 fully saturated rings. The van der Waals surface area contributed by atoms with Crippen molar-refractivity contribution >= 4 is 17.3 Å². The van der Waals surface area contributed by atoms with Crippen molar-refractivity contribution in [1.82, 2.24) is 5.01 Å². The van der Waals surface area contributed by atoms with Gasteiger partial charge in [0.2, 0.25) is 0 Å². The van der Waals surface area contributed by atoms with Crippen molar-refractivity contribution in [2.75, 3.05) is 26.2 Å². The molecular formula is C19H23ClN3+. The number of nitrogens with zero attached hydrogens (tertiary/aromatic N) is 2. The van der Waals surface area contributed by atoms with Gasteiger partial charge in [0.25, 0.3) is 0 Å². The lowest BCUT2D eigenvalue weighted by molar-refractivity contribution is -0.918. The average molecular weight is 329 g/mol. The average Bonchev–Trinajstić information content (AvgIpc) is 2.59. The molecule has 2 aromatic carbocycles. The van der Waals surface area contributed by atoms with Gasteiger partial charge < -0.3 is 4.90 Å². The van der Waals surface area contributed by atoms with Crippen LogP contribution in [0.15, 0.2) is 59.7 Å². The van der Waals surface area contributed by atoms with Crippen LogP contribution in [0.4, 0.5) is 0 Å². The minimum absolute atomic E-state index is 0.805. The highest BCUT2D eigenvalue weighted by atomic mass is 35.5. The van der Waals surface area contributed by atoms with E-state index in [-0.39, 0.29) is 0 Å². The Morgan fingerprint density at radius 1 is 1.04 bits per heavy atom. The summed E-state index contributed by atoms with van der Waals surface area (Å²) < 4.78 is 0. The molecule has 0 aromatic heterocycles. The van der Waals surface area contributed by atoms with Crippen LogP contribution < -0.4 is 4.90 Å². The summed E-state index contributed by atoms with van der Waals surface area (Å²) in [4.78, 5) is 1.61. The molecular weight excluding hydrogens is 306 g/mol. The lowest BCUT2D eigenvalue weighted by Crippen LogP contribution is -3.13. The van der Waals surface area contributed by atoms with Crippen LogP contribution in [-0.2, 0) is 6.54 Å². The van der Waals surface area contributed by atoms with E-state index in [9.17, 15) is 0 Å². The van der Waals surface area contributed by atoms with Crippen molar-refractivity contribution in [3.63, 3.8) is 0 Å². The van der Waals surface area contributed by atoms with Gasteiger partial charge in [-0.3, -0.25) is 5.01 Å². The minimum Gasteiger partial charge on any atom is -0.328 e. The van der Waals surface area contributed by atoms with Crippen LogP contribution in [0.1, 0.15) is 18.1 Å². The highest BCUT2D eigenvalue weighted by molar-refractivity contribution is 6.30. The van der Waals surface area contributed by atoms with E-state index < -0.39 is 0 Å². The molecule has 0 aliphatic carbocycles. The highest BCUT2D eigenvalue weighted by Gasteiger charge is 2.19. The number of benzene rings is 2. The molecule has 1 heterocycles. The molecule has 0 spiro atoms. The molecule has 2 aromatic rings. The van der Waals surface area contributed by atoms with Gasteiger partial charge in [-0.25, -0.2) is 0 Å². The second-order valence-electron chi connectivity index (χ2n) is 6.06. The lowest BCUT2D eigenvalue weighted by Gasteiger charge is -2.31. The summed E-state index contributed by atoms with van der Waals surface area (Å²) in [5.41, 5.74) is 3.64. The van der Waals surface area contributed by atoms with Gasteiger partial charge in [0, 0.05) is 10.6 Å². The van der Waals surface area contributed by atoms with Gasteiger partial charge in [0.05, 0.1) is 31.9 Å². The SMILES string of the molecule is C/C(=N/N1CC[NH+](Cc2ccc(Cl)cc2)CC1)c1ccccc1. The van der Waals surface area contributed by atoms with E-state index in [1.54, 1.807) is 4.90 Å². The number of hydrazone groups is 1. The molecule has 0 unspecified atom stereocenters. The maximum atomic E-state index is 5.94. The maximum Gasteiger partial charge on any atom is 0.103 e. The summed E-state index contributed by atoms with van der Waals surface area (Å²) in [6.45, 7) is 7.40. The van der Waals surface area contributed by atoms with Crippen molar-refractivity contribution < 1.29 is 4.90 Å². The third-order valence-corrected chi connectivity index (χ3v) is 4.55. The van der Waals surface area contributed by atoms with Gasteiger partial charge in [-0.15, -0.1) is 0 Å². The molecule has 1 saturated heterocycles. The monoisotopic (exact) mass is 328 g/mol. The van der Waals surface area contributed by atoms with Crippen LogP contribution >= 0.6 is 11.6 Å². The van der Waals surface area contributed by atoms with Gasteiger partial charge in [0.1, 0.15) is 6.54 Å². The van der Waals surface area contributed by atoms with Crippen LogP contribution in [0, 0.1) is 0 Å². The first kappa shape index (κ1) is 16.0. The molecule has 4 heteroatoms. The normalized spacial score (nSPS) is 16.6. The Balaban J connectivity index is 1.53. The summed E-state index contributed by atoms with van der Waals surface area (Å²) in [5, 5.41) is 7.79. The second-order valence-corrected chi connectivity index (χ2v) is 6.49. The molecule has 1 aliphatic rings.